The van der Waals surface area contributed by atoms with Crippen molar-refractivity contribution in [2.75, 3.05) is 7.11 Å². The normalized spacial score (nSPS) is 11.0. The lowest BCUT2D eigenvalue weighted by Gasteiger charge is -2.13. The molecule has 0 unspecified atom stereocenters. The second kappa shape index (κ2) is 7.49. The molecule has 0 amide bonds. The summed E-state index contributed by atoms with van der Waals surface area (Å²) in [4.78, 5) is 0.0827. The lowest BCUT2D eigenvalue weighted by Crippen LogP contribution is -2.10. The Morgan fingerprint density at radius 3 is 2.12 bits per heavy atom. The molecule has 134 valence electrons. The first-order valence-corrected chi connectivity index (χ1v) is 9.31. The van der Waals surface area contributed by atoms with Crippen LogP contribution in [0, 0.1) is 6.92 Å². The van der Waals surface area contributed by atoms with E-state index in [-0.39, 0.29) is 16.4 Å². The molecule has 3 aromatic carbocycles. The average Bonchev–Trinajstić information content (AvgIpc) is 2.64. The molecular weight excluding hydrogens is 352 g/mol. The van der Waals surface area contributed by atoms with Crippen LogP contribution in [-0.2, 0) is 10.1 Å². The number of hydrogen-bond donors (Lipinski definition) is 0. The Morgan fingerprint density at radius 1 is 0.769 bits per heavy atom. The van der Waals surface area contributed by atoms with Gasteiger partial charge in [-0.05, 0) is 43.3 Å². The van der Waals surface area contributed by atoms with Crippen LogP contribution in [0.25, 0.3) is 0 Å². The third-order valence-corrected chi connectivity index (χ3v) is 4.88. The first kappa shape index (κ1) is 17.8. The summed E-state index contributed by atoms with van der Waals surface area (Å²) in [7, 11) is -2.40. The molecule has 0 aliphatic carbocycles. The zero-order valence-electron chi connectivity index (χ0n) is 14.4. The molecule has 6 heteroatoms. The van der Waals surface area contributed by atoms with E-state index in [9.17, 15) is 8.42 Å². The summed E-state index contributed by atoms with van der Waals surface area (Å²) in [5.41, 5.74) is 0.964. The van der Waals surface area contributed by atoms with Crippen molar-refractivity contribution in [1.29, 1.82) is 0 Å². The molecule has 0 aliphatic rings. The van der Waals surface area contributed by atoms with Gasteiger partial charge in [-0.25, -0.2) is 0 Å². The van der Waals surface area contributed by atoms with Crippen LogP contribution < -0.4 is 13.7 Å². The third-order valence-electron chi connectivity index (χ3n) is 3.63. The first-order valence-electron chi connectivity index (χ1n) is 7.90. The largest absolute Gasteiger partial charge is 0.497 e. The molecule has 3 rings (SSSR count). The highest BCUT2D eigenvalue weighted by molar-refractivity contribution is 7.87. The summed E-state index contributed by atoms with van der Waals surface area (Å²) in [5.74, 6) is 1.54. The van der Waals surface area contributed by atoms with Gasteiger partial charge in [-0.1, -0.05) is 35.9 Å². The maximum Gasteiger partial charge on any atom is 0.339 e. The van der Waals surface area contributed by atoms with E-state index in [2.05, 4.69) is 0 Å². The predicted octanol–water partition coefficient (Wildman–Crippen LogP) is 4.56. The van der Waals surface area contributed by atoms with E-state index in [4.69, 9.17) is 13.7 Å². The van der Waals surface area contributed by atoms with E-state index in [0.717, 1.165) is 5.56 Å². The van der Waals surface area contributed by atoms with Crippen molar-refractivity contribution in [2.45, 2.75) is 11.8 Å². The molecule has 0 N–H and O–H groups in total. The molecule has 0 heterocycles. The van der Waals surface area contributed by atoms with Gasteiger partial charge in [0.2, 0.25) is 0 Å². The summed E-state index contributed by atoms with van der Waals surface area (Å²) in [6, 6.07) is 20.1. The van der Waals surface area contributed by atoms with Crippen molar-refractivity contribution < 1.29 is 22.1 Å². The van der Waals surface area contributed by atoms with Gasteiger partial charge in [-0.2, -0.15) is 8.42 Å². The molecule has 26 heavy (non-hydrogen) atoms. The SMILES string of the molecule is COc1cccc(Oc2ccccc2OS(=O)(=O)c2ccc(C)cc2)c1. The van der Waals surface area contributed by atoms with Crippen molar-refractivity contribution in [2.24, 2.45) is 0 Å². The molecule has 5 nitrogen and oxygen atoms in total. The molecule has 0 saturated carbocycles. The van der Waals surface area contributed by atoms with Crippen LogP contribution in [0.2, 0.25) is 0 Å². The summed E-state index contributed by atoms with van der Waals surface area (Å²) < 4.78 is 41.3. The van der Waals surface area contributed by atoms with E-state index < -0.39 is 10.1 Å². The van der Waals surface area contributed by atoms with Gasteiger partial charge in [0.25, 0.3) is 0 Å². The molecule has 0 bridgehead atoms. The molecule has 0 fully saturated rings. The quantitative estimate of drug-likeness (QED) is 0.595. The summed E-state index contributed by atoms with van der Waals surface area (Å²) in [6.45, 7) is 1.88. The van der Waals surface area contributed by atoms with Crippen LogP contribution in [0.15, 0.2) is 77.7 Å². The fourth-order valence-corrected chi connectivity index (χ4v) is 3.21. The Kier molecular flexibility index (Phi) is 5.14. The molecule has 0 spiro atoms. The predicted molar refractivity (Wildman–Crippen MR) is 98.5 cm³/mol. The molecule has 0 aliphatic heterocycles. The monoisotopic (exact) mass is 370 g/mol. The number of methoxy groups -OCH3 is 1. The summed E-state index contributed by atoms with van der Waals surface area (Å²) in [6.07, 6.45) is 0. The van der Waals surface area contributed by atoms with Crippen LogP contribution >= 0.6 is 0 Å². The highest BCUT2D eigenvalue weighted by atomic mass is 32.2. The Hall–Kier alpha value is -2.99. The number of rotatable bonds is 6. The Morgan fingerprint density at radius 2 is 1.42 bits per heavy atom. The molecule has 3 aromatic rings. The van der Waals surface area contributed by atoms with Crippen LogP contribution in [0.1, 0.15) is 5.56 Å². The van der Waals surface area contributed by atoms with Crippen LogP contribution in [-0.4, -0.2) is 15.5 Å². The van der Waals surface area contributed by atoms with E-state index in [1.54, 1.807) is 67.8 Å². The minimum atomic E-state index is -3.96. The average molecular weight is 370 g/mol. The summed E-state index contributed by atoms with van der Waals surface area (Å²) >= 11 is 0. The van der Waals surface area contributed by atoms with E-state index >= 15 is 0 Å². The molecular formula is C20H18O5S. The van der Waals surface area contributed by atoms with Gasteiger partial charge >= 0.3 is 10.1 Å². The fourth-order valence-electron chi connectivity index (χ4n) is 2.27. The lowest BCUT2D eigenvalue weighted by atomic mass is 10.2. The Bertz CT molecular complexity index is 995. The van der Waals surface area contributed by atoms with Crippen LogP contribution in [0.4, 0.5) is 0 Å². The maximum absolute atomic E-state index is 12.5. The number of para-hydroxylation sites is 2. The van der Waals surface area contributed by atoms with Gasteiger partial charge in [0.1, 0.15) is 16.4 Å². The Balaban J connectivity index is 1.88. The smallest absolute Gasteiger partial charge is 0.339 e. The van der Waals surface area contributed by atoms with Crippen molar-refractivity contribution in [3.8, 4) is 23.0 Å². The van der Waals surface area contributed by atoms with Crippen molar-refractivity contribution in [3.05, 3.63) is 78.4 Å². The van der Waals surface area contributed by atoms with E-state index in [1.165, 1.54) is 12.1 Å². The van der Waals surface area contributed by atoms with Gasteiger partial charge in [0.15, 0.2) is 11.5 Å². The minimum absolute atomic E-state index is 0.0827. The second-order valence-corrected chi connectivity index (χ2v) is 7.12. The van der Waals surface area contributed by atoms with Crippen molar-refractivity contribution in [1.82, 2.24) is 0 Å². The van der Waals surface area contributed by atoms with Crippen LogP contribution in [0.5, 0.6) is 23.0 Å². The summed E-state index contributed by atoms with van der Waals surface area (Å²) in [5, 5.41) is 0. The second-order valence-electron chi connectivity index (χ2n) is 5.58. The third kappa shape index (κ3) is 4.15. The first-order chi connectivity index (χ1) is 12.5. The number of aryl methyl sites for hydroxylation is 1. The zero-order valence-corrected chi connectivity index (χ0v) is 15.2. The Labute approximate surface area is 152 Å². The molecule has 0 saturated heterocycles. The molecule has 0 aromatic heterocycles. The lowest BCUT2D eigenvalue weighted by molar-refractivity contribution is 0.405. The standard InChI is InChI=1S/C20H18O5S/c1-15-10-12-18(13-11-15)26(21,22)25-20-9-4-3-8-19(20)24-17-7-5-6-16(14-17)23-2/h3-14H,1-2H3. The number of hydrogen-bond acceptors (Lipinski definition) is 5. The van der Waals surface area contributed by atoms with E-state index in [0.29, 0.717) is 11.5 Å². The van der Waals surface area contributed by atoms with Gasteiger partial charge in [0.05, 0.1) is 7.11 Å². The minimum Gasteiger partial charge on any atom is -0.497 e. The van der Waals surface area contributed by atoms with Crippen molar-refractivity contribution in [3.63, 3.8) is 0 Å². The molecule has 0 atom stereocenters. The van der Waals surface area contributed by atoms with E-state index in [1.807, 2.05) is 6.92 Å². The molecule has 0 radical (unpaired) electrons. The van der Waals surface area contributed by atoms with Crippen LogP contribution in [0.3, 0.4) is 0 Å². The number of ether oxygens (including phenoxy) is 2. The van der Waals surface area contributed by atoms with Crippen molar-refractivity contribution >= 4 is 10.1 Å². The van der Waals surface area contributed by atoms with Gasteiger partial charge in [-0.3, -0.25) is 0 Å². The van der Waals surface area contributed by atoms with Gasteiger partial charge in [0, 0.05) is 6.07 Å². The topological polar surface area (TPSA) is 61.8 Å². The van der Waals surface area contributed by atoms with Gasteiger partial charge < -0.3 is 13.7 Å². The highest BCUT2D eigenvalue weighted by Gasteiger charge is 2.19. The maximum atomic E-state index is 12.5. The number of benzene rings is 3. The highest BCUT2D eigenvalue weighted by Crippen LogP contribution is 2.34. The zero-order chi connectivity index (χ0) is 18.6. The van der Waals surface area contributed by atoms with Gasteiger partial charge in [-0.15, -0.1) is 0 Å². The fraction of sp³-hybridized carbons (Fsp3) is 0.100.